The van der Waals surface area contributed by atoms with Crippen LogP contribution in [0.3, 0.4) is 0 Å². The molecule has 3 aromatic rings. The van der Waals surface area contributed by atoms with Crippen LogP contribution in [-0.2, 0) is 11.2 Å². The van der Waals surface area contributed by atoms with Crippen LogP contribution in [0.5, 0.6) is 0 Å². The van der Waals surface area contributed by atoms with Gasteiger partial charge in [-0.25, -0.2) is 14.5 Å². The Morgan fingerprint density at radius 2 is 2.23 bits per heavy atom. The maximum absolute atomic E-state index is 13.5. The molecule has 1 aliphatic carbocycles. The number of nitrogens with zero attached hydrogens (tertiary/aromatic N) is 6. The monoisotopic (exact) mass is 399 g/mol. The lowest BCUT2D eigenvalue weighted by Crippen LogP contribution is -2.37. The van der Waals surface area contributed by atoms with E-state index < -0.39 is 5.41 Å². The summed E-state index contributed by atoms with van der Waals surface area (Å²) in [5.41, 5.74) is 2.60. The lowest BCUT2D eigenvalue weighted by Gasteiger charge is -2.23. The largest absolute Gasteiger partial charge is 0.370 e. The number of carbonyl (C=O) groups is 1. The van der Waals surface area contributed by atoms with Crippen molar-refractivity contribution in [2.24, 2.45) is 17.3 Å². The van der Waals surface area contributed by atoms with Crippen LogP contribution in [0.15, 0.2) is 30.7 Å². The molecular weight excluding hydrogens is 378 g/mol. The van der Waals surface area contributed by atoms with Gasteiger partial charge in [-0.15, -0.1) is 0 Å². The van der Waals surface area contributed by atoms with Crippen molar-refractivity contribution in [3.63, 3.8) is 0 Å². The second kappa shape index (κ2) is 6.02. The Hall–Kier alpha value is -3.47. The van der Waals surface area contributed by atoms with Gasteiger partial charge in [0.15, 0.2) is 5.82 Å². The van der Waals surface area contributed by atoms with Crippen LogP contribution in [0.25, 0.3) is 16.8 Å². The number of fused-ring (bicyclic) bond motifs is 2. The number of pyridine rings is 1. The normalized spacial score (nSPS) is 25.4. The minimum Gasteiger partial charge on any atom is -0.370 e. The van der Waals surface area contributed by atoms with Gasteiger partial charge in [-0.3, -0.25) is 9.69 Å². The van der Waals surface area contributed by atoms with Crippen molar-refractivity contribution in [2.75, 3.05) is 23.3 Å². The van der Waals surface area contributed by atoms with Crippen LogP contribution < -0.4 is 10.2 Å². The third-order valence-electron chi connectivity index (χ3n) is 6.81. The molecule has 150 valence electrons. The molecular formula is C22H21N7O. The van der Waals surface area contributed by atoms with Gasteiger partial charge in [0.2, 0.25) is 5.91 Å². The summed E-state index contributed by atoms with van der Waals surface area (Å²) in [5.74, 6) is 1.49. The molecule has 8 nitrogen and oxygen atoms in total. The predicted octanol–water partition coefficient (Wildman–Crippen LogP) is 2.66. The van der Waals surface area contributed by atoms with Crippen molar-refractivity contribution in [2.45, 2.75) is 26.2 Å². The van der Waals surface area contributed by atoms with Crippen LogP contribution in [-0.4, -0.2) is 38.6 Å². The number of rotatable bonds is 3. The van der Waals surface area contributed by atoms with Crippen LogP contribution in [0.4, 0.5) is 11.6 Å². The first-order valence-corrected chi connectivity index (χ1v) is 10.4. The Balaban J connectivity index is 1.48. The number of amides is 1. The van der Waals surface area contributed by atoms with Crippen molar-refractivity contribution in [1.82, 2.24) is 19.6 Å². The molecule has 2 atom stereocenters. The number of hydrogen-bond donors (Lipinski definition) is 1. The predicted molar refractivity (Wildman–Crippen MR) is 111 cm³/mol. The summed E-state index contributed by atoms with van der Waals surface area (Å²) in [6.45, 7) is 3.39. The molecule has 0 unspecified atom stereocenters. The fourth-order valence-electron chi connectivity index (χ4n) is 5.05. The maximum atomic E-state index is 13.5. The second-order valence-corrected chi connectivity index (χ2v) is 8.59. The Bertz CT molecular complexity index is 1240. The quantitative estimate of drug-likeness (QED) is 0.727. The van der Waals surface area contributed by atoms with E-state index in [2.05, 4.69) is 27.5 Å². The fourth-order valence-corrected chi connectivity index (χ4v) is 5.05. The third-order valence-corrected chi connectivity index (χ3v) is 6.81. The molecule has 6 rings (SSSR count). The van der Waals surface area contributed by atoms with E-state index in [1.807, 2.05) is 19.2 Å². The zero-order valence-corrected chi connectivity index (χ0v) is 16.7. The molecule has 2 aliphatic heterocycles. The summed E-state index contributed by atoms with van der Waals surface area (Å²) in [7, 11) is 0. The number of aromatic nitrogens is 4. The first-order valence-electron chi connectivity index (χ1n) is 10.4. The van der Waals surface area contributed by atoms with Crippen molar-refractivity contribution in [3.05, 3.63) is 36.3 Å². The summed E-state index contributed by atoms with van der Waals surface area (Å²) >= 11 is 0. The minimum absolute atomic E-state index is 0.0383. The summed E-state index contributed by atoms with van der Waals surface area (Å²) in [6.07, 6.45) is 8.20. The third kappa shape index (κ3) is 2.26. The van der Waals surface area contributed by atoms with E-state index in [1.165, 1.54) is 5.56 Å². The molecule has 3 aromatic heterocycles. The van der Waals surface area contributed by atoms with Gasteiger partial charge in [-0.2, -0.15) is 10.4 Å². The Morgan fingerprint density at radius 1 is 1.37 bits per heavy atom. The lowest BCUT2D eigenvalue weighted by atomic mass is 9.75. The number of nitrogens with one attached hydrogen (secondary N) is 1. The maximum Gasteiger partial charge on any atom is 0.249 e. The highest BCUT2D eigenvalue weighted by atomic mass is 16.2. The number of anilines is 2. The molecule has 8 heteroatoms. The molecule has 0 spiro atoms. The summed E-state index contributed by atoms with van der Waals surface area (Å²) in [6, 6.07) is 6.36. The van der Waals surface area contributed by atoms with Crippen LogP contribution in [0.1, 0.15) is 25.3 Å². The zero-order valence-electron chi connectivity index (χ0n) is 16.7. The van der Waals surface area contributed by atoms with Gasteiger partial charge in [-0.1, -0.05) is 6.92 Å². The van der Waals surface area contributed by atoms with Gasteiger partial charge in [0, 0.05) is 30.8 Å². The minimum atomic E-state index is -0.935. The molecule has 5 heterocycles. The molecule has 3 aliphatic rings. The molecule has 1 amide bonds. The molecule has 2 fully saturated rings. The Labute approximate surface area is 173 Å². The molecule has 1 saturated carbocycles. The molecule has 30 heavy (non-hydrogen) atoms. The van der Waals surface area contributed by atoms with E-state index in [0.29, 0.717) is 18.1 Å². The lowest BCUT2D eigenvalue weighted by molar-refractivity contribution is -0.124. The van der Waals surface area contributed by atoms with Gasteiger partial charge in [-0.05, 0) is 42.9 Å². The Kier molecular flexibility index (Phi) is 3.49. The van der Waals surface area contributed by atoms with Gasteiger partial charge in [0.25, 0.3) is 0 Å². The number of hydrogen-bond acceptors (Lipinski definition) is 6. The zero-order chi connectivity index (χ0) is 20.5. The summed E-state index contributed by atoms with van der Waals surface area (Å²) in [5, 5.41) is 17.6. The van der Waals surface area contributed by atoms with Crippen molar-refractivity contribution in [1.29, 1.82) is 5.26 Å². The Morgan fingerprint density at radius 3 is 3.03 bits per heavy atom. The molecule has 1 saturated heterocycles. The van der Waals surface area contributed by atoms with E-state index in [-0.39, 0.29) is 17.7 Å². The van der Waals surface area contributed by atoms with Gasteiger partial charge >= 0.3 is 0 Å². The first-order chi connectivity index (χ1) is 14.6. The standard InChI is InChI=1S/C22H21N7O/c1-13-10-28(21(30)22(13,12-23)16-2-3-16)20-18-5-7-26-29(18)11-17(27-20)15-8-14-4-6-24-19(14)25-9-15/h5,7-9,11,13,16H,2-4,6,10H2,1H3,(H,24,25)/t13-,22+/m1/s1. The highest BCUT2D eigenvalue weighted by Crippen LogP contribution is 2.54. The van der Waals surface area contributed by atoms with E-state index in [9.17, 15) is 10.1 Å². The van der Waals surface area contributed by atoms with Gasteiger partial charge in [0.1, 0.15) is 16.7 Å². The van der Waals surface area contributed by atoms with E-state index in [4.69, 9.17) is 4.98 Å². The van der Waals surface area contributed by atoms with E-state index >= 15 is 0 Å². The van der Waals surface area contributed by atoms with Crippen LogP contribution in [0.2, 0.25) is 0 Å². The van der Waals surface area contributed by atoms with Crippen LogP contribution in [0, 0.1) is 28.6 Å². The topological polar surface area (TPSA) is 99.2 Å². The van der Waals surface area contributed by atoms with E-state index in [1.54, 1.807) is 21.8 Å². The highest BCUT2D eigenvalue weighted by molar-refractivity contribution is 6.04. The summed E-state index contributed by atoms with van der Waals surface area (Å²) in [4.78, 5) is 24.6. The second-order valence-electron chi connectivity index (χ2n) is 8.59. The van der Waals surface area contributed by atoms with Crippen molar-refractivity contribution in [3.8, 4) is 17.3 Å². The van der Waals surface area contributed by atoms with Gasteiger partial charge in [0.05, 0.1) is 24.2 Å². The molecule has 0 bridgehead atoms. The first kappa shape index (κ1) is 17.4. The summed E-state index contributed by atoms with van der Waals surface area (Å²) < 4.78 is 1.75. The number of carbonyl (C=O) groups excluding carboxylic acids is 1. The molecule has 0 radical (unpaired) electrons. The molecule has 1 N–H and O–H groups in total. The van der Waals surface area contributed by atoms with Crippen molar-refractivity contribution >= 4 is 23.1 Å². The smallest absolute Gasteiger partial charge is 0.249 e. The van der Waals surface area contributed by atoms with E-state index in [0.717, 1.165) is 42.7 Å². The SMILES string of the molecule is C[C@@H]1CN(c2nc(-c3cnc4c(c3)CCN4)cn3nccc23)C(=O)[C@]1(C#N)C1CC1. The number of nitriles is 1. The van der Waals surface area contributed by atoms with Gasteiger partial charge < -0.3 is 5.32 Å². The fraction of sp³-hybridized carbons (Fsp3) is 0.409. The molecule has 0 aromatic carbocycles. The highest BCUT2D eigenvalue weighted by Gasteiger charge is 2.61. The van der Waals surface area contributed by atoms with Crippen molar-refractivity contribution < 1.29 is 4.79 Å². The van der Waals surface area contributed by atoms with Crippen LogP contribution >= 0.6 is 0 Å². The average Bonchev–Trinajstić information content (AvgIpc) is 3.21. The average molecular weight is 399 g/mol.